The molecule has 68 valence electrons. The zero-order valence-corrected chi connectivity index (χ0v) is 8.09. The molecule has 0 aliphatic carbocycles. The van der Waals surface area contributed by atoms with Gasteiger partial charge in [0.15, 0.2) is 0 Å². The average Bonchev–Trinajstić information content (AvgIpc) is 1.83. The summed E-state index contributed by atoms with van der Waals surface area (Å²) in [6.45, 7) is 8.10. The Hall–Kier alpha value is -0.0800. The fraction of sp³-hybridized carbons (Fsp3) is 1.00. The van der Waals surface area contributed by atoms with Crippen LogP contribution in [0.4, 0.5) is 0 Å². The Morgan fingerprint density at radius 3 is 2.18 bits per heavy atom. The highest BCUT2D eigenvalue weighted by Crippen LogP contribution is 2.27. The molecule has 0 heterocycles. The molecule has 0 saturated heterocycles. The summed E-state index contributed by atoms with van der Waals surface area (Å²) < 4.78 is 0. The summed E-state index contributed by atoms with van der Waals surface area (Å²) in [4.78, 5) is 0. The van der Waals surface area contributed by atoms with E-state index in [1.165, 1.54) is 0 Å². The molecule has 0 fully saturated rings. The summed E-state index contributed by atoms with van der Waals surface area (Å²) in [5.74, 6) is 0. The van der Waals surface area contributed by atoms with Crippen LogP contribution in [0.3, 0.4) is 0 Å². The summed E-state index contributed by atoms with van der Waals surface area (Å²) in [5, 5.41) is 9.18. The molecule has 0 aromatic rings. The molecule has 11 heavy (non-hydrogen) atoms. The number of aliphatic hydroxyl groups is 1. The van der Waals surface area contributed by atoms with E-state index >= 15 is 0 Å². The monoisotopic (exact) mass is 159 g/mol. The van der Waals surface area contributed by atoms with Crippen LogP contribution in [0, 0.1) is 5.41 Å². The summed E-state index contributed by atoms with van der Waals surface area (Å²) >= 11 is 0. The Balaban J connectivity index is 3.98. The second-order valence-electron chi connectivity index (χ2n) is 4.06. The summed E-state index contributed by atoms with van der Waals surface area (Å²) in [6, 6.07) is 0.192. The van der Waals surface area contributed by atoms with Crippen molar-refractivity contribution in [3.8, 4) is 0 Å². The van der Waals surface area contributed by atoms with Crippen molar-refractivity contribution in [3.63, 3.8) is 0 Å². The zero-order valence-electron chi connectivity index (χ0n) is 8.09. The third-order valence-electron chi connectivity index (χ3n) is 2.27. The lowest BCUT2D eigenvalue weighted by atomic mass is 9.79. The van der Waals surface area contributed by atoms with E-state index in [0.717, 1.165) is 12.8 Å². The van der Waals surface area contributed by atoms with E-state index in [-0.39, 0.29) is 17.6 Å². The van der Waals surface area contributed by atoms with Crippen molar-refractivity contribution in [2.75, 3.05) is 0 Å². The highest BCUT2D eigenvalue weighted by atomic mass is 16.3. The van der Waals surface area contributed by atoms with Crippen LogP contribution in [-0.2, 0) is 0 Å². The van der Waals surface area contributed by atoms with Gasteiger partial charge < -0.3 is 10.8 Å². The van der Waals surface area contributed by atoms with Crippen molar-refractivity contribution < 1.29 is 5.11 Å². The molecule has 2 nitrogen and oxygen atoms in total. The van der Waals surface area contributed by atoms with Crippen LogP contribution in [0.1, 0.15) is 40.5 Å². The quantitative estimate of drug-likeness (QED) is 0.653. The van der Waals surface area contributed by atoms with Crippen LogP contribution in [-0.4, -0.2) is 17.3 Å². The lowest BCUT2D eigenvalue weighted by molar-refractivity contribution is 0.113. The van der Waals surface area contributed by atoms with Crippen molar-refractivity contribution >= 4 is 0 Å². The minimum Gasteiger partial charge on any atom is -0.393 e. The molecule has 0 amide bonds. The van der Waals surface area contributed by atoms with Gasteiger partial charge in [0.2, 0.25) is 0 Å². The van der Waals surface area contributed by atoms with Gasteiger partial charge in [-0.05, 0) is 25.2 Å². The third kappa shape index (κ3) is 3.73. The Morgan fingerprint density at radius 1 is 1.45 bits per heavy atom. The number of hydrogen-bond donors (Lipinski definition) is 2. The van der Waals surface area contributed by atoms with Crippen molar-refractivity contribution in [1.29, 1.82) is 0 Å². The summed E-state index contributed by atoms with van der Waals surface area (Å²) in [7, 11) is 0. The fourth-order valence-corrected chi connectivity index (χ4v) is 1.47. The van der Waals surface area contributed by atoms with Crippen molar-refractivity contribution in [2.45, 2.75) is 52.7 Å². The van der Waals surface area contributed by atoms with Crippen LogP contribution < -0.4 is 5.73 Å². The predicted molar refractivity (Wildman–Crippen MR) is 48.3 cm³/mol. The lowest BCUT2D eigenvalue weighted by Gasteiger charge is -2.32. The van der Waals surface area contributed by atoms with E-state index in [1.807, 2.05) is 6.92 Å². The molecular weight excluding hydrogens is 138 g/mol. The smallest absolute Gasteiger partial charge is 0.0517 e. The van der Waals surface area contributed by atoms with Crippen molar-refractivity contribution in [2.24, 2.45) is 11.1 Å². The minimum atomic E-state index is -0.248. The van der Waals surface area contributed by atoms with Gasteiger partial charge in [0.25, 0.3) is 0 Å². The van der Waals surface area contributed by atoms with Gasteiger partial charge in [0, 0.05) is 6.04 Å². The van der Waals surface area contributed by atoms with Gasteiger partial charge in [-0.3, -0.25) is 0 Å². The first-order chi connectivity index (χ1) is 4.90. The molecule has 2 atom stereocenters. The number of rotatable bonds is 4. The Bertz CT molecular complexity index is 110. The van der Waals surface area contributed by atoms with E-state index in [9.17, 15) is 5.11 Å². The van der Waals surface area contributed by atoms with E-state index in [2.05, 4.69) is 20.8 Å². The first-order valence-electron chi connectivity index (χ1n) is 4.33. The standard InChI is InChI=1S/C9H21NO/c1-5-8(10)9(3,4)6-7(2)11/h7-8,11H,5-6,10H2,1-4H3. The molecular formula is C9H21NO. The first-order valence-corrected chi connectivity index (χ1v) is 4.33. The van der Waals surface area contributed by atoms with E-state index < -0.39 is 0 Å². The number of hydrogen-bond acceptors (Lipinski definition) is 2. The molecule has 0 radical (unpaired) electrons. The molecule has 0 saturated carbocycles. The van der Waals surface area contributed by atoms with Crippen molar-refractivity contribution in [1.82, 2.24) is 0 Å². The van der Waals surface area contributed by atoms with Crippen molar-refractivity contribution in [3.05, 3.63) is 0 Å². The Morgan fingerprint density at radius 2 is 1.91 bits per heavy atom. The molecule has 3 N–H and O–H groups in total. The van der Waals surface area contributed by atoms with Gasteiger partial charge in [0.1, 0.15) is 0 Å². The maximum absolute atomic E-state index is 9.18. The lowest BCUT2D eigenvalue weighted by Crippen LogP contribution is -2.38. The fourth-order valence-electron chi connectivity index (χ4n) is 1.47. The summed E-state index contributed by atoms with van der Waals surface area (Å²) in [6.07, 6.45) is 1.50. The molecule has 0 rings (SSSR count). The average molecular weight is 159 g/mol. The topological polar surface area (TPSA) is 46.2 Å². The van der Waals surface area contributed by atoms with E-state index in [0.29, 0.717) is 0 Å². The number of aliphatic hydroxyl groups excluding tert-OH is 1. The van der Waals surface area contributed by atoms with Crippen LogP contribution in [0.15, 0.2) is 0 Å². The van der Waals surface area contributed by atoms with Gasteiger partial charge in [0.05, 0.1) is 6.10 Å². The number of nitrogens with two attached hydrogens (primary N) is 1. The van der Waals surface area contributed by atoms with Gasteiger partial charge in [-0.15, -0.1) is 0 Å². The second kappa shape index (κ2) is 4.07. The largest absolute Gasteiger partial charge is 0.393 e. The molecule has 2 unspecified atom stereocenters. The second-order valence-corrected chi connectivity index (χ2v) is 4.06. The predicted octanol–water partition coefficient (Wildman–Crippen LogP) is 1.52. The minimum absolute atomic E-state index is 0.0584. The Kier molecular flexibility index (Phi) is 4.04. The van der Waals surface area contributed by atoms with Gasteiger partial charge in [-0.2, -0.15) is 0 Å². The van der Waals surface area contributed by atoms with Crippen LogP contribution in [0.2, 0.25) is 0 Å². The first kappa shape index (κ1) is 10.9. The van der Waals surface area contributed by atoms with Crippen LogP contribution in [0.25, 0.3) is 0 Å². The molecule has 2 heteroatoms. The molecule has 0 aromatic carbocycles. The molecule has 0 aromatic heterocycles. The Labute approximate surface area is 69.8 Å². The van der Waals surface area contributed by atoms with E-state index in [4.69, 9.17) is 5.73 Å². The van der Waals surface area contributed by atoms with Gasteiger partial charge >= 0.3 is 0 Å². The molecule has 0 bridgehead atoms. The summed E-state index contributed by atoms with van der Waals surface area (Å²) in [5.41, 5.74) is 5.95. The SMILES string of the molecule is CCC(N)C(C)(C)CC(C)O. The van der Waals surface area contributed by atoms with Crippen LogP contribution >= 0.6 is 0 Å². The highest BCUT2D eigenvalue weighted by molar-refractivity contribution is 4.81. The van der Waals surface area contributed by atoms with Crippen LogP contribution in [0.5, 0.6) is 0 Å². The maximum Gasteiger partial charge on any atom is 0.0517 e. The normalized spacial score (nSPS) is 18.0. The van der Waals surface area contributed by atoms with E-state index in [1.54, 1.807) is 0 Å². The molecule has 0 spiro atoms. The molecule has 0 aliphatic rings. The third-order valence-corrected chi connectivity index (χ3v) is 2.27. The maximum atomic E-state index is 9.18. The van der Waals surface area contributed by atoms with Gasteiger partial charge in [-0.1, -0.05) is 20.8 Å². The zero-order chi connectivity index (χ0) is 9.07. The molecule has 0 aliphatic heterocycles. The highest BCUT2D eigenvalue weighted by Gasteiger charge is 2.26. The van der Waals surface area contributed by atoms with Gasteiger partial charge in [-0.25, -0.2) is 0 Å².